The van der Waals surface area contributed by atoms with Gasteiger partial charge in [0.05, 0.1) is 16.7 Å². The topological polar surface area (TPSA) is 41.6 Å². The van der Waals surface area contributed by atoms with E-state index in [0.29, 0.717) is 0 Å². The van der Waals surface area contributed by atoms with Gasteiger partial charge >= 0.3 is 0 Å². The average Bonchev–Trinajstić information content (AvgIpc) is 3.02. The van der Waals surface area contributed by atoms with Gasteiger partial charge in [0.25, 0.3) is 0 Å². The monoisotopic (exact) mass is 317 g/mol. The zero-order valence-corrected chi connectivity index (χ0v) is 13.5. The summed E-state index contributed by atoms with van der Waals surface area (Å²) in [4.78, 5) is 13.6. The quantitative estimate of drug-likeness (QED) is 0.540. The van der Waals surface area contributed by atoms with Gasteiger partial charge in [-0.3, -0.25) is 9.97 Å². The molecule has 0 saturated heterocycles. The average molecular weight is 317 g/mol. The number of rotatable bonds is 3. The van der Waals surface area contributed by atoms with E-state index in [1.807, 2.05) is 36.8 Å². The number of aromatic amines is 1. The number of aromatic nitrogens is 3. The van der Waals surface area contributed by atoms with E-state index in [9.17, 15) is 0 Å². The summed E-state index contributed by atoms with van der Waals surface area (Å²) in [5.74, 6) is 0. The minimum Gasteiger partial charge on any atom is -0.352 e. The Hall–Kier alpha value is -2.59. The maximum absolute atomic E-state index is 4.65. The van der Waals surface area contributed by atoms with Gasteiger partial charge in [0.15, 0.2) is 0 Å². The third-order valence-corrected chi connectivity index (χ3v) is 4.68. The van der Waals surface area contributed by atoms with Gasteiger partial charge in [-0.1, -0.05) is 30.3 Å². The molecule has 0 amide bonds. The van der Waals surface area contributed by atoms with Gasteiger partial charge in [0.1, 0.15) is 0 Å². The first kappa shape index (κ1) is 14.0. The maximum atomic E-state index is 4.65. The Morgan fingerprint density at radius 2 is 1.65 bits per heavy atom. The van der Waals surface area contributed by atoms with E-state index in [4.69, 9.17) is 0 Å². The Morgan fingerprint density at radius 1 is 0.870 bits per heavy atom. The fourth-order valence-corrected chi connectivity index (χ4v) is 3.40. The van der Waals surface area contributed by atoms with Crippen LogP contribution in [0.5, 0.6) is 0 Å². The van der Waals surface area contributed by atoms with Crippen LogP contribution in [-0.4, -0.2) is 21.2 Å². The van der Waals surface area contributed by atoms with Crippen LogP contribution in [-0.2, 0) is 0 Å². The molecule has 0 unspecified atom stereocenters. The summed E-state index contributed by atoms with van der Waals surface area (Å²) in [6, 6.07) is 16.5. The molecule has 4 heteroatoms. The first-order valence-electron chi connectivity index (χ1n) is 7.39. The summed E-state index contributed by atoms with van der Waals surface area (Å²) in [6.45, 7) is 0. The minimum absolute atomic E-state index is 1.01. The number of hydrogen-bond acceptors (Lipinski definition) is 3. The van der Waals surface area contributed by atoms with Crippen molar-refractivity contribution >= 4 is 22.8 Å². The number of fused-ring (bicyclic) bond motifs is 1. The molecule has 112 valence electrons. The molecule has 0 saturated carbocycles. The van der Waals surface area contributed by atoms with Crippen LogP contribution in [0.1, 0.15) is 0 Å². The van der Waals surface area contributed by atoms with E-state index in [1.54, 1.807) is 11.8 Å². The summed E-state index contributed by atoms with van der Waals surface area (Å²) in [7, 11) is 0. The zero-order chi connectivity index (χ0) is 15.6. The lowest BCUT2D eigenvalue weighted by Crippen LogP contribution is -1.83. The molecule has 1 aromatic carbocycles. The molecule has 3 aromatic heterocycles. The number of benzene rings is 1. The molecular weight excluding hydrogens is 302 g/mol. The van der Waals surface area contributed by atoms with Crippen molar-refractivity contribution in [2.75, 3.05) is 6.26 Å². The molecule has 3 nitrogen and oxygen atoms in total. The Morgan fingerprint density at radius 3 is 2.39 bits per heavy atom. The fourth-order valence-electron chi connectivity index (χ4n) is 2.85. The largest absolute Gasteiger partial charge is 0.352 e. The molecule has 0 radical (unpaired) electrons. The highest BCUT2D eigenvalue weighted by atomic mass is 32.2. The van der Waals surface area contributed by atoms with Gasteiger partial charge in [-0.15, -0.1) is 11.8 Å². The van der Waals surface area contributed by atoms with Crippen molar-refractivity contribution in [1.82, 2.24) is 15.0 Å². The highest BCUT2D eigenvalue weighted by molar-refractivity contribution is 7.98. The van der Waals surface area contributed by atoms with Crippen LogP contribution < -0.4 is 0 Å². The van der Waals surface area contributed by atoms with Crippen molar-refractivity contribution < 1.29 is 0 Å². The van der Waals surface area contributed by atoms with Crippen LogP contribution >= 0.6 is 11.8 Å². The molecule has 0 atom stereocenters. The second-order valence-corrected chi connectivity index (χ2v) is 6.06. The lowest BCUT2D eigenvalue weighted by molar-refractivity contribution is 1.31. The van der Waals surface area contributed by atoms with E-state index in [2.05, 4.69) is 51.5 Å². The lowest BCUT2D eigenvalue weighted by Gasteiger charge is -2.04. The Bertz CT molecular complexity index is 946. The number of thioether (sulfide) groups is 1. The van der Waals surface area contributed by atoms with Crippen molar-refractivity contribution in [1.29, 1.82) is 0 Å². The van der Waals surface area contributed by atoms with E-state index >= 15 is 0 Å². The normalized spacial score (nSPS) is 11.0. The molecule has 3 heterocycles. The number of nitrogens with zero attached hydrogens (tertiary/aromatic N) is 2. The fraction of sp³-hybridized carbons (Fsp3) is 0.0526. The van der Waals surface area contributed by atoms with Crippen LogP contribution in [0, 0.1) is 0 Å². The van der Waals surface area contributed by atoms with Crippen LogP contribution in [0.4, 0.5) is 0 Å². The van der Waals surface area contributed by atoms with Crippen molar-refractivity contribution in [3.63, 3.8) is 0 Å². The highest BCUT2D eigenvalue weighted by Gasteiger charge is 2.17. The van der Waals surface area contributed by atoms with Crippen LogP contribution in [0.15, 0.2) is 72.0 Å². The van der Waals surface area contributed by atoms with Crippen LogP contribution in [0.3, 0.4) is 0 Å². The summed E-state index contributed by atoms with van der Waals surface area (Å²) in [5, 5.41) is 0. The van der Waals surface area contributed by atoms with Gasteiger partial charge < -0.3 is 4.98 Å². The molecule has 0 spiro atoms. The van der Waals surface area contributed by atoms with Crippen molar-refractivity contribution in [2.24, 2.45) is 0 Å². The number of H-pyrrole nitrogens is 1. The molecule has 4 aromatic rings. The van der Waals surface area contributed by atoms with E-state index in [1.165, 1.54) is 4.90 Å². The van der Waals surface area contributed by atoms with Crippen LogP contribution in [0.2, 0.25) is 0 Å². The first-order chi connectivity index (χ1) is 11.4. The predicted molar refractivity (Wildman–Crippen MR) is 96.5 cm³/mol. The maximum Gasteiger partial charge on any atom is 0.0975 e. The van der Waals surface area contributed by atoms with Gasteiger partial charge in [0, 0.05) is 34.6 Å². The number of pyridine rings is 2. The van der Waals surface area contributed by atoms with Gasteiger partial charge in [-0.05, 0) is 30.0 Å². The Kier molecular flexibility index (Phi) is 3.60. The molecule has 0 fully saturated rings. The predicted octanol–water partition coefficient (Wildman–Crippen LogP) is 5.01. The lowest BCUT2D eigenvalue weighted by atomic mass is 10.0. The zero-order valence-electron chi connectivity index (χ0n) is 12.7. The second-order valence-electron chi connectivity index (χ2n) is 5.21. The second kappa shape index (κ2) is 5.89. The Balaban J connectivity index is 2.09. The number of nitrogens with one attached hydrogen (secondary N) is 1. The molecular formula is C19H15N3S. The molecule has 0 aliphatic carbocycles. The van der Waals surface area contributed by atoms with Gasteiger partial charge in [-0.25, -0.2) is 0 Å². The summed E-state index contributed by atoms with van der Waals surface area (Å²) in [5.41, 5.74) is 6.60. The molecule has 4 rings (SSSR count). The van der Waals surface area contributed by atoms with Gasteiger partial charge in [0.2, 0.25) is 0 Å². The minimum atomic E-state index is 1.01. The molecule has 23 heavy (non-hydrogen) atoms. The highest BCUT2D eigenvalue weighted by Crippen LogP contribution is 2.39. The Labute approximate surface area is 138 Å². The number of hydrogen-bond donors (Lipinski definition) is 1. The van der Waals surface area contributed by atoms with Crippen molar-refractivity contribution in [2.45, 2.75) is 4.90 Å². The van der Waals surface area contributed by atoms with E-state index < -0.39 is 0 Å². The van der Waals surface area contributed by atoms with Gasteiger partial charge in [-0.2, -0.15) is 0 Å². The molecule has 0 aliphatic rings. The molecule has 1 N–H and O–H groups in total. The summed E-state index contributed by atoms with van der Waals surface area (Å²) < 4.78 is 0. The smallest absolute Gasteiger partial charge is 0.0975 e. The third kappa shape index (κ3) is 2.41. The van der Waals surface area contributed by atoms with Crippen molar-refractivity contribution in [3.05, 3.63) is 67.1 Å². The third-order valence-electron chi connectivity index (χ3n) is 3.90. The SMILES string of the molecule is CSc1ccnc2c(-c3ccccc3)c(-c3ccncc3)[nH]c12. The van der Waals surface area contributed by atoms with E-state index in [0.717, 1.165) is 33.4 Å². The van der Waals surface area contributed by atoms with Crippen molar-refractivity contribution in [3.8, 4) is 22.4 Å². The molecule has 0 bridgehead atoms. The summed E-state index contributed by atoms with van der Waals surface area (Å²) in [6.07, 6.45) is 7.60. The summed E-state index contributed by atoms with van der Waals surface area (Å²) >= 11 is 1.73. The standard InChI is InChI=1S/C19H15N3S/c1-23-15-9-12-21-19-16(13-5-3-2-4-6-13)17(22-18(15)19)14-7-10-20-11-8-14/h2-12,22H,1H3. The van der Waals surface area contributed by atoms with E-state index in [-0.39, 0.29) is 0 Å². The van der Waals surface area contributed by atoms with Crippen LogP contribution in [0.25, 0.3) is 33.4 Å². The first-order valence-corrected chi connectivity index (χ1v) is 8.61. The molecule has 0 aliphatic heterocycles.